The molecule has 0 aliphatic carbocycles. The van der Waals surface area contributed by atoms with Crippen LogP contribution in [0.25, 0.3) is 11.3 Å². The van der Waals surface area contributed by atoms with E-state index in [4.69, 9.17) is 5.73 Å². The van der Waals surface area contributed by atoms with Gasteiger partial charge in [-0.15, -0.1) is 11.3 Å². The molecule has 0 aliphatic rings. The quantitative estimate of drug-likeness (QED) is 0.124. The fraction of sp³-hybridized carbons (Fsp3) is 0.391. The van der Waals surface area contributed by atoms with Crippen LogP contribution < -0.4 is 27.2 Å². The van der Waals surface area contributed by atoms with E-state index < -0.39 is 0 Å². The number of nitrogens with zero attached hydrogens (tertiary/aromatic N) is 2. The number of anilines is 2. The smallest absolute Gasteiger partial charge is 0.263 e. The van der Waals surface area contributed by atoms with Gasteiger partial charge in [-0.25, -0.2) is 10.4 Å². The molecule has 0 bridgehead atoms. The van der Waals surface area contributed by atoms with E-state index in [0.717, 1.165) is 48.5 Å². The molecular formula is C23H32N8O2S. The van der Waals surface area contributed by atoms with Crippen molar-refractivity contribution in [3.8, 4) is 11.3 Å². The van der Waals surface area contributed by atoms with Gasteiger partial charge in [0.05, 0.1) is 35.0 Å². The second-order valence-electron chi connectivity index (χ2n) is 7.90. The van der Waals surface area contributed by atoms with Crippen LogP contribution in [0, 0.1) is 0 Å². The van der Waals surface area contributed by atoms with Gasteiger partial charge in [0.2, 0.25) is 5.91 Å². The summed E-state index contributed by atoms with van der Waals surface area (Å²) in [5, 5.41) is 5.65. The molecule has 0 spiro atoms. The van der Waals surface area contributed by atoms with Crippen LogP contribution in [-0.2, 0) is 4.79 Å². The van der Waals surface area contributed by atoms with Crippen molar-refractivity contribution in [2.24, 2.45) is 0 Å². The molecule has 34 heavy (non-hydrogen) atoms. The highest BCUT2D eigenvalue weighted by Crippen LogP contribution is 2.28. The highest BCUT2D eigenvalue weighted by molar-refractivity contribution is 7.11. The van der Waals surface area contributed by atoms with E-state index in [1.165, 1.54) is 11.3 Å². The molecular weight excluding hydrogens is 452 g/mol. The molecule has 0 saturated carbocycles. The van der Waals surface area contributed by atoms with Gasteiger partial charge < -0.3 is 26.8 Å². The van der Waals surface area contributed by atoms with Crippen molar-refractivity contribution >= 4 is 34.5 Å². The van der Waals surface area contributed by atoms with Crippen molar-refractivity contribution in [2.75, 3.05) is 31.8 Å². The zero-order valence-corrected chi connectivity index (χ0v) is 20.3. The lowest BCUT2D eigenvalue weighted by molar-refractivity contribution is -0.120. The average molecular weight is 485 g/mol. The number of H-pyrrole nitrogens is 1. The molecule has 1 unspecified atom stereocenters. The number of nitrogens with one attached hydrogen (secondary N) is 5. The minimum atomic E-state index is -0.140. The third-order valence-corrected chi connectivity index (χ3v) is 6.28. The van der Waals surface area contributed by atoms with Crippen molar-refractivity contribution in [2.45, 2.75) is 38.0 Å². The number of imidazole rings is 1. The molecule has 1 aromatic carbocycles. The molecule has 0 radical (unpaired) electrons. The van der Waals surface area contributed by atoms with E-state index in [1.54, 1.807) is 32.0 Å². The molecule has 7 N–H and O–H groups in total. The Hall–Kier alpha value is -3.44. The molecule has 0 fully saturated rings. The fourth-order valence-corrected chi connectivity index (χ4v) is 4.15. The summed E-state index contributed by atoms with van der Waals surface area (Å²) in [6.07, 6.45) is 7.39. The Labute approximate surface area is 203 Å². The number of aromatic nitrogens is 3. The molecule has 3 aromatic rings. The van der Waals surface area contributed by atoms with Gasteiger partial charge in [-0.1, -0.05) is 18.9 Å². The molecule has 3 rings (SSSR count). The van der Waals surface area contributed by atoms with E-state index in [2.05, 4.69) is 36.4 Å². The minimum absolute atomic E-state index is 0.00759. The predicted octanol–water partition coefficient (Wildman–Crippen LogP) is 2.87. The lowest BCUT2D eigenvalue weighted by Crippen LogP contribution is -2.28. The highest BCUT2D eigenvalue weighted by Gasteiger charge is 2.18. The number of hydrazine groups is 1. The van der Waals surface area contributed by atoms with E-state index >= 15 is 0 Å². The lowest BCUT2D eigenvalue weighted by Gasteiger charge is -2.15. The second kappa shape index (κ2) is 12.7. The number of unbranched alkanes of at least 4 members (excludes halogenated alkanes) is 2. The number of carbonyl (C=O) groups is 2. The number of nitrogens with two attached hydrogens (primary N) is 1. The van der Waals surface area contributed by atoms with Gasteiger partial charge >= 0.3 is 0 Å². The van der Waals surface area contributed by atoms with E-state index in [1.807, 2.05) is 18.2 Å². The first-order valence-electron chi connectivity index (χ1n) is 11.3. The Kier molecular flexibility index (Phi) is 9.41. The number of benzene rings is 1. The SMILES string of the molecule is CNNc1ccc(-c2cnc(C(CCCCCC(=O)NC)CNC(=O)c3cncs3)[nH]2)cc1N. The van der Waals surface area contributed by atoms with Crippen molar-refractivity contribution in [3.05, 3.63) is 46.8 Å². The fourth-order valence-electron chi connectivity index (χ4n) is 3.61. The van der Waals surface area contributed by atoms with Crippen LogP contribution in [0.2, 0.25) is 0 Å². The van der Waals surface area contributed by atoms with Gasteiger partial charge in [0.25, 0.3) is 5.91 Å². The lowest BCUT2D eigenvalue weighted by atomic mass is 9.99. The van der Waals surface area contributed by atoms with Crippen LogP contribution in [0.4, 0.5) is 11.4 Å². The first kappa shape index (κ1) is 25.2. The molecule has 11 heteroatoms. The Morgan fingerprint density at radius 3 is 2.74 bits per heavy atom. The summed E-state index contributed by atoms with van der Waals surface area (Å²) >= 11 is 1.31. The summed E-state index contributed by atoms with van der Waals surface area (Å²) in [5.74, 6) is 0.730. The van der Waals surface area contributed by atoms with E-state index in [-0.39, 0.29) is 17.7 Å². The summed E-state index contributed by atoms with van der Waals surface area (Å²) in [5.41, 5.74) is 16.8. The Balaban J connectivity index is 1.67. The van der Waals surface area contributed by atoms with Crippen LogP contribution in [0.3, 0.4) is 0 Å². The molecule has 2 aromatic heterocycles. The van der Waals surface area contributed by atoms with Crippen molar-refractivity contribution < 1.29 is 9.59 Å². The molecule has 1 atom stereocenters. The summed E-state index contributed by atoms with van der Waals surface area (Å²) < 4.78 is 0. The number of amides is 2. The van der Waals surface area contributed by atoms with Gasteiger partial charge in [-0.3, -0.25) is 14.6 Å². The second-order valence-corrected chi connectivity index (χ2v) is 8.79. The number of carbonyl (C=O) groups excluding carboxylic acids is 2. The Morgan fingerprint density at radius 2 is 2.03 bits per heavy atom. The monoisotopic (exact) mass is 484 g/mol. The maximum absolute atomic E-state index is 12.4. The summed E-state index contributed by atoms with van der Waals surface area (Å²) in [6.45, 7) is 0.451. The zero-order valence-electron chi connectivity index (χ0n) is 19.5. The standard InChI is InChI=1S/C23H32N8O2S/c1-25-21(32)7-5-3-4-6-16(11-29-23(33)20-13-27-14-34-20)22-28-12-19(30-22)15-8-9-18(31-26-2)17(24)10-15/h8-10,12-14,16,26,31H,3-7,11,24H2,1-2H3,(H,25,32)(H,28,30)(H,29,33). The van der Waals surface area contributed by atoms with Gasteiger partial charge in [0.1, 0.15) is 10.7 Å². The summed E-state index contributed by atoms with van der Waals surface area (Å²) in [4.78, 5) is 36.4. The third kappa shape index (κ3) is 7.03. The first-order chi connectivity index (χ1) is 16.5. The molecule has 182 valence electrons. The number of nitrogen functional groups attached to an aromatic ring is 1. The maximum atomic E-state index is 12.4. The normalized spacial score (nSPS) is 11.7. The number of hydrogen-bond acceptors (Lipinski definition) is 8. The molecule has 0 aliphatic heterocycles. The van der Waals surface area contributed by atoms with Crippen molar-refractivity contribution in [1.29, 1.82) is 0 Å². The van der Waals surface area contributed by atoms with Crippen molar-refractivity contribution in [3.63, 3.8) is 0 Å². The minimum Gasteiger partial charge on any atom is -0.397 e. The predicted molar refractivity (Wildman–Crippen MR) is 135 cm³/mol. The average Bonchev–Trinajstić information content (AvgIpc) is 3.54. The maximum Gasteiger partial charge on any atom is 0.263 e. The topological polar surface area (TPSA) is 150 Å². The molecule has 10 nitrogen and oxygen atoms in total. The van der Waals surface area contributed by atoms with Crippen LogP contribution in [0.5, 0.6) is 0 Å². The highest BCUT2D eigenvalue weighted by atomic mass is 32.1. The summed E-state index contributed by atoms with van der Waals surface area (Å²) in [7, 11) is 3.43. The third-order valence-electron chi connectivity index (χ3n) is 5.50. The van der Waals surface area contributed by atoms with Gasteiger partial charge in [-0.05, 0) is 25.0 Å². The number of aromatic amines is 1. The Bertz CT molecular complexity index is 1070. The molecule has 2 amide bonds. The van der Waals surface area contributed by atoms with Crippen LogP contribution >= 0.6 is 11.3 Å². The largest absolute Gasteiger partial charge is 0.397 e. The van der Waals surface area contributed by atoms with Crippen molar-refractivity contribution in [1.82, 2.24) is 31.0 Å². The zero-order chi connectivity index (χ0) is 24.3. The van der Waals surface area contributed by atoms with Crippen LogP contribution in [0.1, 0.15) is 53.5 Å². The molecule has 2 heterocycles. The first-order valence-corrected chi connectivity index (χ1v) is 12.1. The van der Waals surface area contributed by atoms with Crippen LogP contribution in [-0.4, -0.2) is 47.4 Å². The number of rotatable bonds is 13. The van der Waals surface area contributed by atoms with Gasteiger partial charge in [0, 0.05) is 38.5 Å². The summed E-state index contributed by atoms with van der Waals surface area (Å²) in [6, 6.07) is 5.75. The molecule has 0 saturated heterocycles. The van der Waals surface area contributed by atoms with Gasteiger partial charge in [-0.2, -0.15) is 0 Å². The van der Waals surface area contributed by atoms with Crippen LogP contribution in [0.15, 0.2) is 36.1 Å². The number of thiazole rings is 1. The van der Waals surface area contributed by atoms with E-state index in [9.17, 15) is 9.59 Å². The van der Waals surface area contributed by atoms with E-state index in [0.29, 0.717) is 23.5 Å². The van der Waals surface area contributed by atoms with Gasteiger partial charge in [0.15, 0.2) is 0 Å². The Morgan fingerprint density at radius 1 is 1.18 bits per heavy atom. The number of hydrogen-bond donors (Lipinski definition) is 6.